The van der Waals surface area contributed by atoms with Crippen LogP contribution in [0.5, 0.6) is 11.5 Å². The molecular formula is C15H14BrClN2O2. The summed E-state index contributed by atoms with van der Waals surface area (Å²) in [6.07, 6.45) is 2.60. The summed E-state index contributed by atoms with van der Waals surface area (Å²) in [6, 6.07) is 7.92. The van der Waals surface area contributed by atoms with E-state index in [2.05, 4.69) is 26.2 Å². The van der Waals surface area contributed by atoms with Gasteiger partial charge >= 0.3 is 0 Å². The molecule has 0 aliphatic carbocycles. The summed E-state index contributed by atoms with van der Waals surface area (Å²) in [5, 5.41) is 3.92. The Kier molecular flexibility index (Phi) is 4.22. The van der Waals surface area contributed by atoms with Crippen LogP contribution in [0, 0.1) is 0 Å². The molecule has 21 heavy (non-hydrogen) atoms. The van der Waals surface area contributed by atoms with Gasteiger partial charge in [0.25, 0.3) is 0 Å². The van der Waals surface area contributed by atoms with Gasteiger partial charge in [-0.15, -0.1) is 0 Å². The molecule has 1 aliphatic heterocycles. The molecule has 1 atom stereocenters. The van der Waals surface area contributed by atoms with Gasteiger partial charge in [0.2, 0.25) is 0 Å². The Bertz CT molecular complexity index is 666. The number of ether oxygens (including phenoxy) is 2. The fourth-order valence-electron chi connectivity index (χ4n) is 2.35. The quantitative estimate of drug-likeness (QED) is 0.812. The maximum atomic E-state index is 5.92. The molecule has 6 heteroatoms. The number of aromatic nitrogens is 1. The summed E-state index contributed by atoms with van der Waals surface area (Å²) < 4.78 is 11.8. The minimum atomic E-state index is 0.152. The minimum Gasteiger partial charge on any atom is -0.497 e. The van der Waals surface area contributed by atoms with Gasteiger partial charge in [-0.2, -0.15) is 0 Å². The van der Waals surface area contributed by atoms with Crippen molar-refractivity contribution in [3.8, 4) is 11.5 Å². The highest BCUT2D eigenvalue weighted by Gasteiger charge is 2.22. The molecule has 0 saturated carbocycles. The van der Waals surface area contributed by atoms with E-state index in [1.165, 1.54) is 0 Å². The molecule has 4 nitrogen and oxygen atoms in total. The van der Waals surface area contributed by atoms with Gasteiger partial charge in [-0.05, 0) is 40.2 Å². The van der Waals surface area contributed by atoms with E-state index in [4.69, 9.17) is 21.1 Å². The zero-order valence-electron chi connectivity index (χ0n) is 11.4. The SMILES string of the molecule is COc1ccc2c(c1)C(Nc1cnc(Cl)c(Br)c1)CCO2. The van der Waals surface area contributed by atoms with Crippen LogP contribution in [-0.4, -0.2) is 18.7 Å². The van der Waals surface area contributed by atoms with E-state index >= 15 is 0 Å². The lowest BCUT2D eigenvalue weighted by Gasteiger charge is -2.27. The van der Waals surface area contributed by atoms with Crippen LogP contribution in [-0.2, 0) is 0 Å². The molecule has 1 N–H and O–H groups in total. The highest BCUT2D eigenvalue weighted by atomic mass is 79.9. The molecule has 0 bridgehead atoms. The topological polar surface area (TPSA) is 43.4 Å². The number of nitrogens with one attached hydrogen (secondary N) is 1. The van der Waals surface area contributed by atoms with E-state index in [-0.39, 0.29) is 6.04 Å². The fourth-order valence-corrected chi connectivity index (χ4v) is 2.80. The van der Waals surface area contributed by atoms with Gasteiger partial charge in [0.05, 0.1) is 36.1 Å². The number of fused-ring (bicyclic) bond motifs is 1. The molecule has 1 aromatic heterocycles. The molecule has 0 spiro atoms. The first-order valence-electron chi connectivity index (χ1n) is 6.55. The Hall–Kier alpha value is -1.46. The summed E-state index contributed by atoms with van der Waals surface area (Å²) in [5.74, 6) is 1.71. The average Bonchev–Trinajstić information content (AvgIpc) is 2.51. The lowest BCUT2D eigenvalue weighted by atomic mass is 10.00. The van der Waals surface area contributed by atoms with Crippen LogP contribution >= 0.6 is 27.5 Å². The van der Waals surface area contributed by atoms with Crippen LogP contribution in [0.1, 0.15) is 18.0 Å². The van der Waals surface area contributed by atoms with Crippen LogP contribution in [0.2, 0.25) is 5.15 Å². The molecule has 0 radical (unpaired) electrons. The average molecular weight is 370 g/mol. The fraction of sp³-hybridized carbons (Fsp3) is 0.267. The van der Waals surface area contributed by atoms with E-state index in [0.29, 0.717) is 11.8 Å². The summed E-state index contributed by atoms with van der Waals surface area (Å²) in [6.45, 7) is 0.680. The lowest BCUT2D eigenvalue weighted by molar-refractivity contribution is 0.273. The van der Waals surface area contributed by atoms with Crippen molar-refractivity contribution >= 4 is 33.2 Å². The molecule has 3 rings (SSSR count). The second kappa shape index (κ2) is 6.12. The van der Waals surface area contributed by atoms with Crippen LogP contribution in [0.25, 0.3) is 0 Å². The van der Waals surface area contributed by atoms with Crippen molar-refractivity contribution in [1.82, 2.24) is 4.98 Å². The monoisotopic (exact) mass is 368 g/mol. The van der Waals surface area contributed by atoms with Crippen LogP contribution in [0.3, 0.4) is 0 Å². The molecule has 1 aliphatic rings. The number of halogens is 2. The molecule has 2 heterocycles. The van der Waals surface area contributed by atoms with E-state index in [1.807, 2.05) is 24.3 Å². The van der Waals surface area contributed by atoms with Crippen molar-refractivity contribution in [2.45, 2.75) is 12.5 Å². The number of methoxy groups -OCH3 is 1. The molecule has 1 aromatic carbocycles. The first-order valence-corrected chi connectivity index (χ1v) is 7.73. The predicted molar refractivity (Wildman–Crippen MR) is 86.4 cm³/mol. The molecule has 0 saturated heterocycles. The second-order valence-electron chi connectivity index (χ2n) is 4.73. The van der Waals surface area contributed by atoms with Crippen molar-refractivity contribution in [3.63, 3.8) is 0 Å². The second-order valence-corrected chi connectivity index (χ2v) is 5.95. The first kappa shape index (κ1) is 14.5. The summed E-state index contributed by atoms with van der Waals surface area (Å²) >= 11 is 9.31. The van der Waals surface area contributed by atoms with Gasteiger partial charge in [-0.3, -0.25) is 0 Å². The number of nitrogens with zero attached hydrogens (tertiary/aromatic N) is 1. The normalized spacial score (nSPS) is 16.8. The van der Waals surface area contributed by atoms with Crippen LogP contribution < -0.4 is 14.8 Å². The highest BCUT2D eigenvalue weighted by Crippen LogP contribution is 2.37. The zero-order chi connectivity index (χ0) is 14.8. The molecule has 1 unspecified atom stereocenters. The number of rotatable bonds is 3. The van der Waals surface area contributed by atoms with Crippen molar-refractivity contribution in [1.29, 1.82) is 0 Å². The number of pyridine rings is 1. The summed E-state index contributed by atoms with van der Waals surface area (Å²) in [5.41, 5.74) is 2.00. The maximum Gasteiger partial charge on any atom is 0.143 e. The van der Waals surface area contributed by atoms with Gasteiger partial charge in [-0.25, -0.2) is 4.98 Å². The Morgan fingerprint density at radius 1 is 1.43 bits per heavy atom. The van der Waals surface area contributed by atoms with E-state index in [0.717, 1.165) is 33.6 Å². The standard InChI is InChI=1S/C15H14BrClN2O2/c1-20-10-2-3-14-11(7-10)13(4-5-21-14)19-9-6-12(16)15(17)18-8-9/h2-3,6-8,13,19H,4-5H2,1H3. The van der Waals surface area contributed by atoms with Gasteiger partial charge in [0, 0.05) is 12.0 Å². The predicted octanol–water partition coefficient (Wildman–Crippen LogP) is 4.44. The van der Waals surface area contributed by atoms with E-state index in [9.17, 15) is 0 Å². The Morgan fingerprint density at radius 3 is 3.05 bits per heavy atom. The molecule has 0 fully saturated rings. The third-order valence-corrected chi connectivity index (χ3v) is 4.53. The van der Waals surface area contributed by atoms with Crippen LogP contribution in [0.15, 0.2) is 34.9 Å². The third kappa shape index (κ3) is 3.09. The summed E-state index contributed by atoms with van der Waals surface area (Å²) in [4.78, 5) is 4.13. The summed E-state index contributed by atoms with van der Waals surface area (Å²) in [7, 11) is 1.66. The Labute approximate surface area is 136 Å². The zero-order valence-corrected chi connectivity index (χ0v) is 13.7. The number of anilines is 1. The van der Waals surface area contributed by atoms with Crippen molar-refractivity contribution in [3.05, 3.63) is 45.7 Å². The van der Waals surface area contributed by atoms with Crippen LogP contribution in [0.4, 0.5) is 5.69 Å². The molecule has 110 valence electrons. The lowest BCUT2D eigenvalue weighted by Crippen LogP contribution is -2.20. The number of hydrogen-bond donors (Lipinski definition) is 1. The van der Waals surface area contributed by atoms with Gasteiger partial charge in [0.1, 0.15) is 16.7 Å². The smallest absolute Gasteiger partial charge is 0.143 e. The van der Waals surface area contributed by atoms with Gasteiger partial charge in [0.15, 0.2) is 0 Å². The number of hydrogen-bond acceptors (Lipinski definition) is 4. The van der Waals surface area contributed by atoms with E-state index < -0.39 is 0 Å². The van der Waals surface area contributed by atoms with Crippen molar-refractivity contribution in [2.24, 2.45) is 0 Å². The largest absolute Gasteiger partial charge is 0.497 e. The van der Waals surface area contributed by atoms with Gasteiger partial charge in [-0.1, -0.05) is 11.6 Å². The highest BCUT2D eigenvalue weighted by molar-refractivity contribution is 9.10. The Morgan fingerprint density at radius 2 is 2.29 bits per heavy atom. The first-order chi connectivity index (χ1) is 10.2. The van der Waals surface area contributed by atoms with Crippen molar-refractivity contribution in [2.75, 3.05) is 19.0 Å². The molecule has 0 amide bonds. The Balaban J connectivity index is 1.88. The third-order valence-electron chi connectivity index (χ3n) is 3.39. The maximum absolute atomic E-state index is 5.92. The van der Waals surface area contributed by atoms with E-state index in [1.54, 1.807) is 13.3 Å². The van der Waals surface area contributed by atoms with Gasteiger partial charge < -0.3 is 14.8 Å². The molecular weight excluding hydrogens is 356 g/mol. The number of benzene rings is 1. The molecule has 2 aromatic rings. The van der Waals surface area contributed by atoms with Crippen molar-refractivity contribution < 1.29 is 9.47 Å². The minimum absolute atomic E-state index is 0.152.